The highest BCUT2D eigenvalue weighted by Gasteiger charge is 2.24. The highest BCUT2D eigenvalue weighted by Crippen LogP contribution is 2.26. The third-order valence-electron chi connectivity index (χ3n) is 4.44. The summed E-state index contributed by atoms with van der Waals surface area (Å²) >= 11 is 0. The van der Waals surface area contributed by atoms with Crippen molar-refractivity contribution in [3.63, 3.8) is 0 Å². The van der Waals surface area contributed by atoms with E-state index in [9.17, 15) is 4.79 Å². The van der Waals surface area contributed by atoms with E-state index in [2.05, 4.69) is 10.3 Å². The van der Waals surface area contributed by atoms with Gasteiger partial charge >= 0.3 is 0 Å². The highest BCUT2D eigenvalue weighted by atomic mass is 16.5. The first-order valence-corrected chi connectivity index (χ1v) is 7.54. The molecule has 1 saturated carbocycles. The molecule has 1 aromatic heterocycles. The minimum absolute atomic E-state index is 0.0578. The summed E-state index contributed by atoms with van der Waals surface area (Å²) in [7, 11) is 1.69. The van der Waals surface area contributed by atoms with Gasteiger partial charge in [-0.2, -0.15) is 0 Å². The fourth-order valence-electron chi connectivity index (χ4n) is 3.07. The van der Waals surface area contributed by atoms with Gasteiger partial charge in [0.1, 0.15) is 5.75 Å². The van der Waals surface area contributed by atoms with E-state index in [0.717, 1.165) is 54.8 Å². The Balaban J connectivity index is 1.91. The van der Waals surface area contributed by atoms with Gasteiger partial charge in [-0.1, -0.05) is 0 Å². The average molecular weight is 291 g/mol. The van der Waals surface area contributed by atoms with Crippen LogP contribution in [0.3, 0.4) is 0 Å². The summed E-state index contributed by atoms with van der Waals surface area (Å²) in [5.41, 5.74) is 8.53. The molecule has 2 rings (SSSR count). The number of methoxy groups -OCH3 is 1. The molecule has 0 bridgehead atoms. The number of rotatable bonds is 5. The summed E-state index contributed by atoms with van der Waals surface area (Å²) < 4.78 is 5.43. The number of primary amides is 1. The number of nitrogens with two attached hydrogens (primary N) is 1. The minimum atomic E-state index is -0.158. The highest BCUT2D eigenvalue weighted by molar-refractivity contribution is 5.76. The quantitative estimate of drug-likeness (QED) is 0.868. The van der Waals surface area contributed by atoms with Crippen molar-refractivity contribution in [1.82, 2.24) is 10.3 Å². The van der Waals surface area contributed by atoms with Crippen molar-refractivity contribution in [1.29, 1.82) is 0 Å². The smallest absolute Gasteiger partial charge is 0.220 e. The number of carbonyl (C=O) groups excluding carboxylic acids is 1. The van der Waals surface area contributed by atoms with Crippen LogP contribution in [0, 0.1) is 19.8 Å². The van der Waals surface area contributed by atoms with Gasteiger partial charge in [0.2, 0.25) is 5.91 Å². The number of hydrogen-bond donors (Lipinski definition) is 2. The SMILES string of the molecule is COc1c(C)cnc(CNC2CCC(C(N)=O)CC2)c1C. The number of aryl methyl sites for hydroxylation is 1. The summed E-state index contributed by atoms with van der Waals surface area (Å²) in [5.74, 6) is 0.816. The second kappa shape index (κ2) is 6.89. The molecule has 1 aliphatic rings. The number of nitrogens with one attached hydrogen (secondary N) is 1. The standard InChI is InChI=1S/C16H25N3O2/c1-10-8-19-14(11(2)15(10)21-3)9-18-13-6-4-12(5-7-13)16(17)20/h8,12-13,18H,4-7,9H2,1-3H3,(H2,17,20). The van der Waals surface area contributed by atoms with Crippen LogP contribution in [-0.4, -0.2) is 24.0 Å². The Morgan fingerprint density at radius 3 is 2.62 bits per heavy atom. The van der Waals surface area contributed by atoms with Gasteiger partial charge in [-0.05, 0) is 39.5 Å². The van der Waals surface area contributed by atoms with Gasteiger partial charge in [0.15, 0.2) is 0 Å². The van der Waals surface area contributed by atoms with Gasteiger partial charge in [0.25, 0.3) is 0 Å². The van der Waals surface area contributed by atoms with Crippen molar-refractivity contribution in [2.24, 2.45) is 11.7 Å². The van der Waals surface area contributed by atoms with Gasteiger partial charge in [0, 0.05) is 35.8 Å². The third kappa shape index (κ3) is 3.73. The second-order valence-corrected chi connectivity index (χ2v) is 5.88. The molecule has 0 saturated heterocycles. The molecule has 1 fully saturated rings. The molecule has 0 aromatic carbocycles. The summed E-state index contributed by atoms with van der Waals surface area (Å²) in [6.07, 6.45) is 5.62. The lowest BCUT2D eigenvalue weighted by Crippen LogP contribution is -2.36. The maximum absolute atomic E-state index is 11.2. The summed E-state index contributed by atoms with van der Waals surface area (Å²) in [6, 6.07) is 0.439. The van der Waals surface area contributed by atoms with Crippen LogP contribution in [0.15, 0.2) is 6.20 Å². The van der Waals surface area contributed by atoms with Crippen molar-refractivity contribution in [2.75, 3.05) is 7.11 Å². The molecule has 21 heavy (non-hydrogen) atoms. The van der Waals surface area contributed by atoms with E-state index in [4.69, 9.17) is 10.5 Å². The lowest BCUT2D eigenvalue weighted by atomic mass is 9.85. The predicted octanol–water partition coefficient (Wildman–Crippen LogP) is 1.84. The Kier molecular flexibility index (Phi) is 5.17. The molecule has 0 atom stereocenters. The number of hydrogen-bond acceptors (Lipinski definition) is 4. The number of carbonyl (C=O) groups is 1. The topological polar surface area (TPSA) is 77.2 Å². The van der Waals surface area contributed by atoms with Crippen LogP contribution in [0.25, 0.3) is 0 Å². The maximum atomic E-state index is 11.2. The zero-order chi connectivity index (χ0) is 15.4. The number of nitrogens with zero attached hydrogens (tertiary/aromatic N) is 1. The molecule has 0 spiro atoms. The van der Waals surface area contributed by atoms with E-state index in [1.54, 1.807) is 7.11 Å². The van der Waals surface area contributed by atoms with Crippen LogP contribution in [0.2, 0.25) is 0 Å². The Morgan fingerprint density at radius 2 is 2.05 bits per heavy atom. The number of amides is 1. The second-order valence-electron chi connectivity index (χ2n) is 5.88. The Bertz CT molecular complexity index is 508. The van der Waals surface area contributed by atoms with Crippen LogP contribution >= 0.6 is 0 Å². The average Bonchev–Trinajstić information content (AvgIpc) is 2.47. The molecule has 0 radical (unpaired) electrons. The normalized spacial score (nSPS) is 22.0. The van der Waals surface area contributed by atoms with Gasteiger partial charge in [0.05, 0.1) is 12.8 Å². The minimum Gasteiger partial charge on any atom is -0.496 e. The Morgan fingerprint density at radius 1 is 1.38 bits per heavy atom. The fraction of sp³-hybridized carbons (Fsp3) is 0.625. The molecular formula is C16H25N3O2. The molecule has 1 amide bonds. The van der Waals surface area contributed by atoms with Crippen LogP contribution < -0.4 is 15.8 Å². The van der Waals surface area contributed by atoms with E-state index in [1.165, 1.54) is 0 Å². The summed E-state index contributed by atoms with van der Waals surface area (Å²) in [5, 5.41) is 3.54. The van der Waals surface area contributed by atoms with Crippen molar-refractivity contribution in [2.45, 2.75) is 52.1 Å². The van der Waals surface area contributed by atoms with Gasteiger partial charge < -0.3 is 15.8 Å². The molecule has 3 N–H and O–H groups in total. The Hall–Kier alpha value is -1.62. The number of aromatic nitrogens is 1. The first-order chi connectivity index (χ1) is 10.0. The van der Waals surface area contributed by atoms with Gasteiger partial charge in [-0.25, -0.2) is 0 Å². The lowest BCUT2D eigenvalue weighted by Gasteiger charge is -2.27. The van der Waals surface area contributed by atoms with Crippen LogP contribution in [0.5, 0.6) is 5.75 Å². The van der Waals surface area contributed by atoms with Crippen LogP contribution in [-0.2, 0) is 11.3 Å². The van der Waals surface area contributed by atoms with Gasteiger partial charge in [-0.3, -0.25) is 9.78 Å². The molecule has 5 heteroatoms. The molecule has 1 aliphatic carbocycles. The molecular weight excluding hydrogens is 266 g/mol. The van der Waals surface area contributed by atoms with Crippen molar-refractivity contribution >= 4 is 5.91 Å². The van der Waals surface area contributed by atoms with Gasteiger partial charge in [-0.15, -0.1) is 0 Å². The van der Waals surface area contributed by atoms with Crippen LogP contribution in [0.1, 0.15) is 42.5 Å². The van der Waals surface area contributed by atoms with Crippen molar-refractivity contribution in [3.8, 4) is 5.75 Å². The van der Waals surface area contributed by atoms with E-state index < -0.39 is 0 Å². The van der Waals surface area contributed by atoms with Crippen molar-refractivity contribution < 1.29 is 9.53 Å². The Labute approximate surface area is 126 Å². The fourth-order valence-corrected chi connectivity index (χ4v) is 3.07. The monoisotopic (exact) mass is 291 g/mol. The molecule has 0 unspecified atom stereocenters. The van der Waals surface area contributed by atoms with E-state index in [0.29, 0.717) is 6.04 Å². The number of pyridine rings is 1. The number of ether oxygens (including phenoxy) is 1. The maximum Gasteiger partial charge on any atom is 0.220 e. The first kappa shape index (κ1) is 15.8. The zero-order valence-electron chi connectivity index (χ0n) is 13.1. The lowest BCUT2D eigenvalue weighted by molar-refractivity contribution is -0.122. The van der Waals surface area contributed by atoms with E-state index in [1.807, 2.05) is 20.0 Å². The van der Waals surface area contributed by atoms with E-state index >= 15 is 0 Å². The molecule has 1 aromatic rings. The molecule has 5 nitrogen and oxygen atoms in total. The zero-order valence-corrected chi connectivity index (χ0v) is 13.1. The summed E-state index contributed by atoms with van der Waals surface area (Å²) in [6.45, 7) is 4.77. The van der Waals surface area contributed by atoms with E-state index in [-0.39, 0.29) is 11.8 Å². The van der Waals surface area contributed by atoms with Crippen molar-refractivity contribution in [3.05, 3.63) is 23.0 Å². The molecule has 1 heterocycles. The first-order valence-electron chi connectivity index (χ1n) is 7.54. The molecule has 0 aliphatic heterocycles. The summed E-state index contributed by atoms with van der Waals surface area (Å²) in [4.78, 5) is 15.7. The third-order valence-corrected chi connectivity index (χ3v) is 4.44. The molecule has 116 valence electrons. The van der Waals surface area contributed by atoms with Crippen LogP contribution in [0.4, 0.5) is 0 Å². The largest absolute Gasteiger partial charge is 0.496 e. The predicted molar refractivity (Wildman–Crippen MR) is 82.0 cm³/mol.